The van der Waals surface area contributed by atoms with Gasteiger partial charge in [-0.3, -0.25) is 9.59 Å². The number of methoxy groups -OCH3 is 1. The zero-order valence-corrected chi connectivity index (χ0v) is 16.4. The van der Waals surface area contributed by atoms with Gasteiger partial charge in [-0.15, -0.1) is 0 Å². The highest BCUT2D eigenvalue weighted by atomic mass is 35.5. The van der Waals surface area contributed by atoms with Crippen molar-refractivity contribution in [2.75, 3.05) is 25.5 Å². The summed E-state index contributed by atoms with van der Waals surface area (Å²) < 4.78 is 5.22. The summed E-state index contributed by atoms with van der Waals surface area (Å²) in [6.07, 6.45) is 1.60. The number of rotatable bonds is 3. The minimum absolute atomic E-state index is 0.0775. The van der Waals surface area contributed by atoms with Gasteiger partial charge >= 0.3 is 0 Å². The van der Waals surface area contributed by atoms with E-state index in [0.717, 1.165) is 17.0 Å². The molecule has 2 aliphatic rings. The quantitative estimate of drug-likeness (QED) is 0.832. The number of nitrogens with one attached hydrogen (secondary N) is 2. The largest absolute Gasteiger partial charge is 0.497 e. The molecule has 146 valence electrons. The number of likely N-dealkylation sites (tertiary alicyclic amines) is 1. The number of piperidine rings is 1. The van der Waals surface area contributed by atoms with Crippen LogP contribution in [0.4, 0.5) is 5.69 Å². The minimum Gasteiger partial charge on any atom is -0.497 e. The van der Waals surface area contributed by atoms with Crippen molar-refractivity contribution in [2.45, 2.75) is 24.9 Å². The van der Waals surface area contributed by atoms with Gasteiger partial charge in [0.15, 0.2) is 0 Å². The van der Waals surface area contributed by atoms with Crippen LogP contribution in [0.1, 0.15) is 28.8 Å². The van der Waals surface area contributed by atoms with E-state index in [0.29, 0.717) is 42.9 Å². The van der Waals surface area contributed by atoms with Crippen molar-refractivity contribution in [3.8, 4) is 5.75 Å². The Hall–Kier alpha value is -2.73. The van der Waals surface area contributed by atoms with Gasteiger partial charge in [0.1, 0.15) is 11.4 Å². The maximum absolute atomic E-state index is 12.7. The van der Waals surface area contributed by atoms with Crippen molar-refractivity contribution >= 4 is 29.1 Å². The van der Waals surface area contributed by atoms with E-state index in [2.05, 4.69) is 10.6 Å². The zero-order valence-electron chi connectivity index (χ0n) is 15.6. The Balaban J connectivity index is 1.41. The molecule has 7 heteroatoms. The topological polar surface area (TPSA) is 70.7 Å². The first-order valence-electron chi connectivity index (χ1n) is 9.29. The lowest BCUT2D eigenvalue weighted by molar-refractivity contribution is -0.132. The molecule has 0 aliphatic carbocycles. The number of hydrogen-bond acceptors (Lipinski definition) is 4. The van der Waals surface area contributed by atoms with Crippen LogP contribution in [0, 0.1) is 0 Å². The first-order valence-corrected chi connectivity index (χ1v) is 9.67. The Labute approximate surface area is 168 Å². The zero-order chi connectivity index (χ0) is 19.7. The Morgan fingerprint density at radius 1 is 1.18 bits per heavy atom. The van der Waals surface area contributed by atoms with E-state index in [4.69, 9.17) is 16.3 Å². The molecule has 6 nitrogen and oxygen atoms in total. The van der Waals surface area contributed by atoms with Gasteiger partial charge in [-0.1, -0.05) is 23.7 Å². The molecule has 0 unspecified atom stereocenters. The fraction of sp³-hybridized carbons (Fsp3) is 0.333. The third kappa shape index (κ3) is 3.64. The molecule has 0 saturated carbocycles. The Morgan fingerprint density at radius 2 is 1.96 bits per heavy atom. The van der Waals surface area contributed by atoms with Gasteiger partial charge in [0.25, 0.3) is 5.91 Å². The highest BCUT2D eigenvalue weighted by Gasteiger charge is 2.41. The average Bonchev–Trinajstić information content (AvgIpc) is 2.68. The summed E-state index contributed by atoms with van der Waals surface area (Å²) in [5.41, 5.74) is 1.72. The second-order valence-electron chi connectivity index (χ2n) is 7.26. The SMILES string of the molecule is COc1cccc(CC(=O)N2CCC3(CC2)NC(=O)c2ccc(Cl)cc2N3)c1. The van der Waals surface area contributed by atoms with Crippen molar-refractivity contribution in [3.05, 3.63) is 58.6 Å². The summed E-state index contributed by atoms with van der Waals surface area (Å²) >= 11 is 6.08. The maximum atomic E-state index is 12.7. The minimum atomic E-state index is -0.540. The standard InChI is InChI=1S/C21H22ClN3O3/c1-28-16-4-2-3-14(11-16)12-19(26)25-9-7-21(8-10-25)23-18-13-15(22)5-6-17(18)20(27)24-21/h2-6,11,13,23H,7-10,12H2,1H3,(H,24,27). The summed E-state index contributed by atoms with van der Waals surface area (Å²) in [6.45, 7) is 1.15. The Morgan fingerprint density at radius 3 is 2.71 bits per heavy atom. The molecule has 1 saturated heterocycles. The van der Waals surface area contributed by atoms with E-state index in [1.165, 1.54) is 0 Å². The second-order valence-corrected chi connectivity index (χ2v) is 7.70. The number of amides is 2. The molecule has 2 N–H and O–H groups in total. The van der Waals surface area contributed by atoms with Crippen LogP contribution in [-0.4, -0.2) is 42.6 Å². The summed E-state index contributed by atoms with van der Waals surface area (Å²) in [7, 11) is 1.61. The third-order valence-electron chi connectivity index (χ3n) is 5.41. The highest BCUT2D eigenvalue weighted by Crippen LogP contribution is 2.33. The number of ether oxygens (including phenoxy) is 1. The molecule has 0 atom stereocenters. The van der Waals surface area contributed by atoms with Crippen molar-refractivity contribution in [1.82, 2.24) is 10.2 Å². The van der Waals surface area contributed by atoms with Crippen LogP contribution in [0.5, 0.6) is 5.75 Å². The van der Waals surface area contributed by atoms with E-state index in [9.17, 15) is 9.59 Å². The number of benzene rings is 2. The Bertz CT molecular complexity index is 923. The first kappa shape index (κ1) is 18.6. The van der Waals surface area contributed by atoms with Crippen LogP contribution in [0.15, 0.2) is 42.5 Å². The fourth-order valence-corrected chi connectivity index (χ4v) is 4.02. The number of carbonyl (C=O) groups is 2. The predicted octanol–water partition coefficient (Wildman–Crippen LogP) is 3.07. The summed E-state index contributed by atoms with van der Waals surface area (Å²) in [4.78, 5) is 27.1. The van der Waals surface area contributed by atoms with Crippen molar-refractivity contribution < 1.29 is 14.3 Å². The predicted molar refractivity (Wildman–Crippen MR) is 108 cm³/mol. The Kier molecular flexibility index (Phi) is 4.89. The summed E-state index contributed by atoms with van der Waals surface area (Å²) in [5.74, 6) is 0.713. The lowest BCUT2D eigenvalue weighted by Crippen LogP contribution is -2.62. The van der Waals surface area contributed by atoms with Crippen LogP contribution < -0.4 is 15.4 Å². The van der Waals surface area contributed by atoms with Gasteiger partial charge in [0.05, 0.1) is 24.8 Å². The number of fused-ring (bicyclic) bond motifs is 1. The maximum Gasteiger partial charge on any atom is 0.255 e. The van der Waals surface area contributed by atoms with Crippen LogP contribution in [0.3, 0.4) is 0 Å². The molecule has 4 rings (SSSR count). The number of anilines is 1. The van der Waals surface area contributed by atoms with Gasteiger partial charge in [-0.25, -0.2) is 0 Å². The molecule has 0 radical (unpaired) electrons. The molecule has 0 aromatic heterocycles. The summed E-state index contributed by atoms with van der Waals surface area (Å²) in [6, 6.07) is 12.8. The normalized spacial score (nSPS) is 17.5. The number of carbonyl (C=O) groups excluding carboxylic acids is 2. The lowest BCUT2D eigenvalue weighted by Gasteiger charge is -2.46. The van der Waals surface area contributed by atoms with Crippen molar-refractivity contribution in [2.24, 2.45) is 0 Å². The van der Waals surface area contributed by atoms with Crippen molar-refractivity contribution in [1.29, 1.82) is 0 Å². The molecule has 1 fully saturated rings. The van der Waals surface area contributed by atoms with Gasteiger partial charge in [0, 0.05) is 31.0 Å². The molecule has 28 heavy (non-hydrogen) atoms. The fourth-order valence-electron chi connectivity index (χ4n) is 3.85. The average molecular weight is 400 g/mol. The van der Waals surface area contributed by atoms with Crippen LogP contribution >= 0.6 is 11.6 Å². The third-order valence-corrected chi connectivity index (χ3v) is 5.65. The smallest absolute Gasteiger partial charge is 0.255 e. The van der Waals surface area contributed by atoms with Crippen LogP contribution in [0.25, 0.3) is 0 Å². The highest BCUT2D eigenvalue weighted by molar-refractivity contribution is 6.31. The molecule has 2 heterocycles. The van der Waals surface area contributed by atoms with Gasteiger partial charge in [0.2, 0.25) is 5.91 Å². The first-order chi connectivity index (χ1) is 13.5. The van der Waals surface area contributed by atoms with E-state index in [1.807, 2.05) is 29.2 Å². The van der Waals surface area contributed by atoms with E-state index >= 15 is 0 Å². The molecule has 0 bridgehead atoms. The number of nitrogens with zero attached hydrogens (tertiary/aromatic N) is 1. The van der Waals surface area contributed by atoms with Crippen LogP contribution in [0.2, 0.25) is 5.02 Å². The molecule has 2 aromatic rings. The lowest BCUT2D eigenvalue weighted by atomic mass is 9.92. The van der Waals surface area contributed by atoms with E-state index in [1.54, 1.807) is 25.3 Å². The number of halogens is 1. The molecule has 2 amide bonds. The van der Waals surface area contributed by atoms with Gasteiger partial charge < -0.3 is 20.3 Å². The molecule has 2 aromatic carbocycles. The molecule has 2 aliphatic heterocycles. The second kappa shape index (κ2) is 7.36. The monoisotopic (exact) mass is 399 g/mol. The van der Waals surface area contributed by atoms with Crippen molar-refractivity contribution in [3.63, 3.8) is 0 Å². The van der Waals surface area contributed by atoms with E-state index in [-0.39, 0.29) is 11.8 Å². The van der Waals surface area contributed by atoms with Gasteiger partial charge in [-0.2, -0.15) is 0 Å². The van der Waals surface area contributed by atoms with Gasteiger partial charge in [-0.05, 0) is 35.9 Å². The number of hydrogen-bond donors (Lipinski definition) is 2. The molecule has 1 spiro atoms. The van der Waals surface area contributed by atoms with Crippen LogP contribution in [-0.2, 0) is 11.2 Å². The summed E-state index contributed by atoms with van der Waals surface area (Å²) in [5, 5.41) is 7.11. The molecular formula is C21H22ClN3O3. The molecular weight excluding hydrogens is 378 g/mol. The van der Waals surface area contributed by atoms with E-state index < -0.39 is 5.66 Å².